The van der Waals surface area contributed by atoms with Crippen LogP contribution in [0.25, 0.3) is 0 Å². The molecule has 0 spiro atoms. The SMILES string of the molecule is CC1(C)CC(=O)C2=C(C1)Nc1c(O)cccc1NC2c1ccc(Cl)cc1F. The summed E-state index contributed by atoms with van der Waals surface area (Å²) >= 11 is 5.91. The van der Waals surface area contributed by atoms with Crippen molar-refractivity contribution in [1.82, 2.24) is 0 Å². The molecule has 3 N–H and O–H groups in total. The number of anilines is 2. The van der Waals surface area contributed by atoms with Gasteiger partial charge in [-0.1, -0.05) is 37.6 Å². The van der Waals surface area contributed by atoms with Gasteiger partial charge < -0.3 is 15.7 Å². The molecular weight excluding hydrogens is 367 g/mol. The second-order valence-corrected chi connectivity index (χ2v) is 8.34. The van der Waals surface area contributed by atoms with E-state index in [2.05, 4.69) is 10.6 Å². The lowest BCUT2D eigenvalue weighted by Crippen LogP contribution is -2.31. The van der Waals surface area contributed by atoms with E-state index in [1.54, 1.807) is 30.3 Å². The summed E-state index contributed by atoms with van der Waals surface area (Å²) in [6.07, 6.45) is 0.998. The summed E-state index contributed by atoms with van der Waals surface area (Å²) < 4.78 is 14.7. The Balaban J connectivity index is 1.93. The number of rotatable bonds is 1. The number of Topliss-reactive ketones (excluding diaryl/α,β-unsaturated/α-hetero) is 1. The van der Waals surface area contributed by atoms with Crippen molar-refractivity contribution < 1.29 is 14.3 Å². The summed E-state index contributed by atoms with van der Waals surface area (Å²) in [5.74, 6) is -0.444. The summed E-state index contributed by atoms with van der Waals surface area (Å²) in [5, 5.41) is 17.1. The number of phenols is 1. The van der Waals surface area contributed by atoms with Crippen molar-refractivity contribution in [2.24, 2.45) is 5.41 Å². The molecule has 140 valence electrons. The van der Waals surface area contributed by atoms with Crippen LogP contribution >= 0.6 is 11.6 Å². The Morgan fingerprint density at radius 1 is 1.22 bits per heavy atom. The van der Waals surface area contributed by atoms with Gasteiger partial charge in [0.2, 0.25) is 0 Å². The lowest BCUT2D eigenvalue weighted by atomic mass is 9.73. The van der Waals surface area contributed by atoms with Crippen LogP contribution in [0, 0.1) is 11.2 Å². The van der Waals surface area contributed by atoms with Crippen LogP contribution in [0.1, 0.15) is 38.3 Å². The highest BCUT2D eigenvalue weighted by Crippen LogP contribution is 2.47. The second kappa shape index (κ2) is 6.27. The number of hydrogen-bond donors (Lipinski definition) is 3. The van der Waals surface area contributed by atoms with Gasteiger partial charge in [-0.25, -0.2) is 4.39 Å². The first kappa shape index (κ1) is 17.9. The Morgan fingerprint density at radius 2 is 2.00 bits per heavy atom. The minimum absolute atomic E-state index is 0.0344. The predicted molar refractivity (Wildman–Crippen MR) is 105 cm³/mol. The molecule has 0 bridgehead atoms. The molecule has 1 atom stereocenters. The molecule has 0 amide bonds. The summed E-state index contributed by atoms with van der Waals surface area (Å²) in [6.45, 7) is 4.05. The highest BCUT2D eigenvalue weighted by Gasteiger charge is 2.39. The minimum atomic E-state index is -0.670. The zero-order valence-electron chi connectivity index (χ0n) is 15.1. The molecule has 1 heterocycles. The first-order valence-corrected chi connectivity index (χ1v) is 9.20. The molecule has 0 saturated heterocycles. The Kier molecular flexibility index (Phi) is 4.15. The third-order valence-electron chi connectivity index (χ3n) is 5.10. The number of benzene rings is 2. The topological polar surface area (TPSA) is 61.4 Å². The number of aromatic hydroxyl groups is 1. The molecule has 0 fully saturated rings. The zero-order valence-corrected chi connectivity index (χ0v) is 15.8. The molecule has 1 aliphatic heterocycles. The van der Waals surface area contributed by atoms with Gasteiger partial charge in [0.1, 0.15) is 17.3 Å². The average Bonchev–Trinajstić information content (AvgIpc) is 2.71. The second-order valence-electron chi connectivity index (χ2n) is 7.90. The third-order valence-corrected chi connectivity index (χ3v) is 5.34. The van der Waals surface area contributed by atoms with Crippen LogP contribution in [0.15, 0.2) is 47.7 Å². The van der Waals surface area contributed by atoms with E-state index in [-0.39, 0.29) is 16.9 Å². The van der Waals surface area contributed by atoms with E-state index in [1.807, 2.05) is 13.8 Å². The molecule has 2 aliphatic rings. The summed E-state index contributed by atoms with van der Waals surface area (Å²) in [7, 11) is 0. The summed E-state index contributed by atoms with van der Waals surface area (Å²) in [6, 6.07) is 8.86. The van der Waals surface area contributed by atoms with Gasteiger partial charge in [-0.2, -0.15) is 0 Å². The quantitative estimate of drug-likeness (QED) is 0.574. The van der Waals surface area contributed by atoms with E-state index in [1.165, 1.54) is 6.07 Å². The number of fused-ring (bicyclic) bond motifs is 1. The molecule has 6 heteroatoms. The van der Waals surface area contributed by atoms with Crippen molar-refractivity contribution in [1.29, 1.82) is 0 Å². The summed E-state index contributed by atoms with van der Waals surface area (Å²) in [5.41, 5.74) is 2.44. The highest BCUT2D eigenvalue weighted by atomic mass is 35.5. The van der Waals surface area contributed by atoms with Crippen LogP contribution < -0.4 is 10.6 Å². The normalized spacial score (nSPS) is 20.9. The van der Waals surface area contributed by atoms with Gasteiger partial charge in [-0.15, -0.1) is 0 Å². The fraction of sp³-hybridized carbons (Fsp3) is 0.286. The molecular formula is C21H20ClFN2O2. The Hall–Kier alpha value is -2.53. The molecule has 0 saturated carbocycles. The van der Waals surface area contributed by atoms with E-state index in [4.69, 9.17) is 11.6 Å². The molecule has 1 aliphatic carbocycles. The standard InChI is InChI=1S/C21H20ClFN2O2/c1-21(2)9-15-18(17(27)10-21)19(12-7-6-11(22)8-13(12)23)24-14-4-3-5-16(26)20(14)25-15/h3-8,19,24-26H,9-10H2,1-2H3. The van der Waals surface area contributed by atoms with Crippen LogP contribution in [0.5, 0.6) is 5.75 Å². The van der Waals surface area contributed by atoms with Gasteiger partial charge in [0.15, 0.2) is 5.78 Å². The number of carbonyl (C=O) groups is 1. The molecule has 2 aromatic rings. The molecule has 1 unspecified atom stereocenters. The van der Waals surface area contributed by atoms with Gasteiger partial charge in [-0.05, 0) is 36.1 Å². The Morgan fingerprint density at radius 3 is 2.74 bits per heavy atom. The maximum absolute atomic E-state index is 14.7. The molecule has 4 nitrogen and oxygen atoms in total. The van der Waals surface area contributed by atoms with Gasteiger partial charge in [0.05, 0.1) is 11.7 Å². The van der Waals surface area contributed by atoms with Crippen molar-refractivity contribution >= 4 is 28.8 Å². The molecule has 0 aromatic heterocycles. The molecule has 0 radical (unpaired) electrons. The van der Waals surface area contributed by atoms with E-state index < -0.39 is 11.9 Å². The lowest BCUT2D eigenvalue weighted by molar-refractivity contribution is -0.118. The van der Waals surface area contributed by atoms with Gasteiger partial charge in [-0.3, -0.25) is 4.79 Å². The van der Waals surface area contributed by atoms with Crippen molar-refractivity contribution in [2.75, 3.05) is 10.6 Å². The fourth-order valence-electron chi connectivity index (χ4n) is 3.92. The third kappa shape index (κ3) is 3.16. The molecule has 4 rings (SSSR count). The van der Waals surface area contributed by atoms with Crippen LogP contribution in [-0.4, -0.2) is 10.9 Å². The van der Waals surface area contributed by atoms with E-state index in [0.29, 0.717) is 46.1 Å². The maximum atomic E-state index is 14.7. The van der Waals surface area contributed by atoms with Crippen LogP contribution in [0.3, 0.4) is 0 Å². The minimum Gasteiger partial charge on any atom is -0.506 e. The van der Waals surface area contributed by atoms with Gasteiger partial charge >= 0.3 is 0 Å². The molecule has 27 heavy (non-hydrogen) atoms. The number of carbonyl (C=O) groups excluding carboxylic acids is 1. The smallest absolute Gasteiger partial charge is 0.163 e. The zero-order chi connectivity index (χ0) is 19.3. The Bertz CT molecular complexity index is 984. The predicted octanol–water partition coefficient (Wildman–Crippen LogP) is 5.41. The van der Waals surface area contributed by atoms with Crippen molar-refractivity contribution in [3.05, 3.63) is 64.1 Å². The average molecular weight is 387 g/mol. The first-order valence-electron chi connectivity index (χ1n) is 8.82. The first-order chi connectivity index (χ1) is 12.7. The fourth-order valence-corrected chi connectivity index (χ4v) is 4.08. The summed E-state index contributed by atoms with van der Waals surface area (Å²) in [4.78, 5) is 13.0. The Labute approximate surface area is 162 Å². The monoisotopic (exact) mass is 386 g/mol. The number of ketones is 1. The highest BCUT2D eigenvalue weighted by molar-refractivity contribution is 6.30. The number of nitrogens with one attached hydrogen (secondary N) is 2. The number of hydrogen-bond acceptors (Lipinski definition) is 4. The number of phenolic OH excluding ortho intramolecular Hbond substituents is 1. The van der Waals surface area contributed by atoms with E-state index in [0.717, 1.165) is 0 Å². The van der Waals surface area contributed by atoms with Crippen molar-refractivity contribution in [3.8, 4) is 5.75 Å². The number of para-hydroxylation sites is 1. The maximum Gasteiger partial charge on any atom is 0.163 e. The number of allylic oxidation sites excluding steroid dienone is 1. The molecule has 2 aromatic carbocycles. The van der Waals surface area contributed by atoms with Crippen LogP contribution in [0.2, 0.25) is 5.02 Å². The van der Waals surface area contributed by atoms with Gasteiger partial charge in [0, 0.05) is 28.3 Å². The van der Waals surface area contributed by atoms with E-state index in [9.17, 15) is 14.3 Å². The largest absolute Gasteiger partial charge is 0.506 e. The van der Waals surface area contributed by atoms with Crippen LogP contribution in [-0.2, 0) is 4.79 Å². The van der Waals surface area contributed by atoms with Crippen molar-refractivity contribution in [2.45, 2.75) is 32.7 Å². The van der Waals surface area contributed by atoms with Gasteiger partial charge in [0.25, 0.3) is 0 Å². The van der Waals surface area contributed by atoms with Crippen molar-refractivity contribution in [3.63, 3.8) is 0 Å². The lowest BCUT2D eigenvalue weighted by Gasteiger charge is -2.34. The number of halogens is 2. The van der Waals surface area contributed by atoms with Crippen LogP contribution in [0.4, 0.5) is 15.8 Å². The van der Waals surface area contributed by atoms with E-state index >= 15 is 0 Å².